The van der Waals surface area contributed by atoms with Crippen LogP contribution in [0.25, 0.3) is 0 Å². The maximum absolute atomic E-state index is 10.8. The monoisotopic (exact) mass is 235 g/mol. The number of anilines is 1. The summed E-state index contributed by atoms with van der Waals surface area (Å²) in [4.78, 5) is 16.7. The number of rotatable bonds is 2. The Morgan fingerprint density at radius 1 is 1.59 bits per heavy atom. The lowest BCUT2D eigenvalue weighted by Crippen LogP contribution is -2.36. The summed E-state index contributed by atoms with van der Waals surface area (Å²) in [6, 6.07) is 1.98. The molecule has 1 aliphatic rings. The van der Waals surface area contributed by atoms with Crippen molar-refractivity contribution >= 4 is 11.9 Å². The van der Waals surface area contributed by atoms with Crippen molar-refractivity contribution in [2.24, 2.45) is 5.92 Å². The second kappa shape index (κ2) is 4.45. The third-order valence-corrected chi connectivity index (χ3v) is 2.95. The van der Waals surface area contributed by atoms with E-state index in [1.165, 1.54) is 0 Å². The molecule has 1 aromatic heterocycles. The van der Waals surface area contributed by atoms with Crippen molar-refractivity contribution in [2.75, 3.05) is 18.0 Å². The number of aliphatic carboxylic acids is 1. The smallest absolute Gasteiger partial charge is 0.306 e. The molecule has 6 heteroatoms. The van der Waals surface area contributed by atoms with Gasteiger partial charge in [0.1, 0.15) is 6.07 Å². The Bertz CT molecular complexity index is 467. The number of carbonyl (C=O) groups is 1. The minimum atomic E-state index is -0.751. The molecule has 17 heavy (non-hydrogen) atoms. The Kier molecular flexibility index (Phi) is 3.00. The average Bonchev–Trinajstić information content (AvgIpc) is 2.70. The Balaban J connectivity index is 2.10. The van der Waals surface area contributed by atoms with E-state index >= 15 is 0 Å². The van der Waals surface area contributed by atoms with Crippen molar-refractivity contribution in [3.8, 4) is 6.07 Å². The first-order chi connectivity index (χ1) is 8.11. The molecule has 2 rings (SSSR count). The third-order valence-electron chi connectivity index (χ3n) is 2.95. The van der Waals surface area contributed by atoms with Crippen LogP contribution >= 0.6 is 0 Å². The van der Waals surface area contributed by atoms with Crippen molar-refractivity contribution in [1.82, 2.24) is 4.98 Å². The van der Waals surface area contributed by atoms with Gasteiger partial charge in [-0.25, -0.2) is 4.98 Å². The predicted molar refractivity (Wildman–Crippen MR) is 58.5 cm³/mol. The van der Waals surface area contributed by atoms with E-state index in [0.717, 1.165) is 0 Å². The number of nitriles is 1. The molecule has 6 nitrogen and oxygen atoms in total. The van der Waals surface area contributed by atoms with Gasteiger partial charge in [0.05, 0.1) is 5.92 Å². The first kappa shape index (κ1) is 11.5. The highest BCUT2D eigenvalue weighted by molar-refractivity contribution is 5.70. The van der Waals surface area contributed by atoms with Gasteiger partial charge in [0.25, 0.3) is 0 Å². The third kappa shape index (κ3) is 2.23. The molecule has 90 valence electrons. The van der Waals surface area contributed by atoms with E-state index in [2.05, 4.69) is 4.98 Å². The molecule has 2 heterocycles. The first-order valence-electron chi connectivity index (χ1n) is 5.47. The van der Waals surface area contributed by atoms with Crippen molar-refractivity contribution in [3.05, 3.63) is 11.6 Å². The maximum Gasteiger partial charge on any atom is 0.306 e. The quantitative estimate of drug-likeness (QED) is 0.827. The van der Waals surface area contributed by atoms with E-state index in [-0.39, 0.29) is 11.6 Å². The number of aromatic nitrogens is 1. The molecule has 0 aromatic carbocycles. The molecule has 1 saturated heterocycles. The molecule has 1 aliphatic heterocycles. The molecule has 0 radical (unpaired) electrons. The van der Waals surface area contributed by atoms with Crippen molar-refractivity contribution in [1.29, 1.82) is 5.26 Å². The minimum Gasteiger partial charge on any atom is -0.481 e. The Hall–Kier alpha value is -2.03. The Labute approximate surface area is 98.5 Å². The number of piperidine rings is 1. The van der Waals surface area contributed by atoms with Gasteiger partial charge in [-0.1, -0.05) is 0 Å². The van der Waals surface area contributed by atoms with Gasteiger partial charge >= 0.3 is 5.97 Å². The largest absolute Gasteiger partial charge is 0.481 e. The zero-order chi connectivity index (χ0) is 12.4. The van der Waals surface area contributed by atoms with Crippen LogP contribution in [0, 0.1) is 24.2 Å². The molecule has 0 amide bonds. The van der Waals surface area contributed by atoms with Gasteiger partial charge in [0.15, 0.2) is 5.89 Å². The average molecular weight is 235 g/mol. The summed E-state index contributed by atoms with van der Waals surface area (Å²) >= 11 is 0. The summed E-state index contributed by atoms with van der Waals surface area (Å²) in [6.07, 6.45) is 1.14. The van der Waals surface area contributed by atoms with E-state index in [1.54, 1.807) is 6.92 Å². The van der Waals surface area contributed by atoms with Crippen LogP contribution in [0.2, 0.25) is 0 Å². The fourth-order valence-electron chi connectivity index (χ4n) is 2.03. The van der Waals surface area contributed by atoms with Crippen LogP contribution in [-0.2, 0) is 4.79 Å². The molecule has 0 aliphatic carbocycles. The van der Waals surface area contributed by atoms with E-state index in [1.807, 2.05) is 11.0 Å². The SMILES string of the molecule is Cc1nc(C#N)c(N2CCC(C(=O)O)CC2)o1. The first-order valence-corrected chi connectivity index (χ1v) is 5.47. The van der Waals surface area contributed by atoms with Gasteiger partial charge in [-0.15, -0.1) is 0 Å². The summed E-state index contributed by atoms with van der Waals surface area (Å²) in [5.74, 6) is -0.120. The zero-order valence-corrected chi connectivity index (χ0v) is 9.51. The molecule has 0 spiro atoms. The number of carboxylic acid groups (broad SMARTS) is 1. The number of hydrogen-bond acceptors (Lipinski definition) is 5. The second-order valence-corrected chi connectivity index (χ2v) is 4.10. The van der Waals surface area contributed by atoms with Crippen LogP contribution in [-0.4, -0.2) is 29.1 Å². The lowest BCUT2D eigenvalue weighted by molar-refractivity contribution is -0.142. The van der Waals surface area contributed by atoms with E-state index in [4.69, 9.17) is 14.8 Å². The molecular weight excluding hydrogens is 222 g/mol. The predicted octanol–water partition coefficient (Wildman–Crippen LogP) is 1.16. The molecular formula is C11H13N3O3. The Morgan fingerprint density at radius 3 is 2.76 bits per heavy atom. The molecule has 0 atom stereocenters. The highest BCUT2D eigenvalue weighted by Gasteiger charge is 2.27. The van der Waals surface area contributed by atoms with Gasteiger partial charge < -0.3 is 14.4 Å². The van der Waals surface area contributed by atoms with Crippen LogP contribution in [0.4, 0.5) is 5.88 Å². The summed E-state index contributed by atoms with van der Waals surface area (Å²) in [6.45, 7) is 2.86. The van der Waals surface area contributed by atoms with Gasteiger partial charge in [0, 0.05) is 20.0 Å². The van der Waals surface area contributed by atoms with Crippen LogP contribution < -0.4 is 4.90 Å². The van der Waals surface area contributed by atoms with Gasteiger partial charge in [-0.2, -0.15) is 5.26 Å². The standard InChI is InChI=1S/C11H13N3O3/c1-7-13-9(6-12)10(17-7)14-4-2-8(3-5-14)11(15)16/h8H,2-5H2,1H3,(H,15,16). The Morgan fingerprint density at radius 2 is 2.24 bits per heavy atom. The molecule has 0 bridgehead atoms. The van der Waals surface area contributed by atoms with Gasteiger partial charge in [-0.3, -0.25) is 4.79 Å². The van der Waals surface area contributed by atoms with E-state index in [9.17, 15) is 4.79 Å². The van der Waals surface area contributed by atoms with Crippen LogP contribution in [0.15, 0.2) is 4.42 Å². The highest BCUT2D eigenvalue weighted by atomic mass is 16.4. The fourth-order valence-corrected chi connectivity index (χ4v) is 2.03. The van der Waals surface area contributed by atoms with Crippen LogP contribution in [0.5, 0.6) is 0 Å². The highest BCUT2D eigenvalue weighted by Crippen LogP contribution is 2.26. The molecule has 1 N–H and O–H groups in total. The summed E-state index contributed by atoms with van der Waals surface area (Å²) in [5.41, 5.74) is 0.274. The second-order valence-electron chi connectivity index (χ2n) is 4.10. The number of oxazole rings is 1. The van der Waals surface area contributed by atoms with Crippen molar-refractivity contribution < 1.29 is 14.3 Å². The van der Waals surface area contributed by atoms with Crippen molar-refractivity contribution in [3.63, 3.8) is 0 Å². The lowest BCUT2D eigenvalue weighted by Gasteiger charge is -2.29. The topological polar surface area (TPSA) is 90.4 Å². The lowest BCUT2D eigenvalue weighted by atomic mass is 9.97. The van der Waals surface area contributed by atoms with Crippen LogP contribution in [0.1, 0.15) is 24.4 Å². The molecule has 1 aromatic rings. The van der Waals surface area contributed by atoms with Gasteiger partial charge in [-0.05, 0) is 12.8 Å². The van der Waals surface area contributed by atoms with Crippen LogP contribution in [0.3, 0.4) is 0 Å². The summed E-state index contributed by atoms with van der Waals surface area (Å²) in [5, 5.41) is 17.8. The van der Waals surface area contributed by atoms with E-state index in [0.29, 0.717) is 37.7 Å². The minimum absolute atomic E-state index is 0.274. The normalized spacial score (nSPS) is 16.8. The molecule has 0 saturated carbocycles. The summed E-state index contributed by atoms with van der Waals surface area (Å²) < 4.78 is 5.39. The van der Waals surface area contributed by atoms with E-state index < -0.39 is 5.97 Å². The molecule has 1 fully saturated rings. The number of nitrogens with zero attached hydrogens (tertiary/aromatic N) is 3. The number of hydrogen-bond donors (Lipinski definition) is 1. The number of aryl methyl sites for hydroxylation is 1. The maximum atomic E-state index is 10.8. The summed E-state index contributed by atoms with van der Waals surface area (Å²) in [7, 11) is 0. The van der Waals surface area contributed by atoms with Crippen molar-refractivity contribution in [2.45, 2.75) is 19.8 Å². The zero-order valence-electron chi connectivity index (χ0n) is 9.51. The molecule has 0 unspecified atom stereocenters. The fraction of sp³-hybridized carbons (Fsp3) is 0.545. The number of carboxylic acids is 1. The van der Waals surface area contributed by atoms with Gasteiger partial charge in [0.2, 0.25) is 11.6 Å².